The third-order valence-corrected chi connectivity index (χ3v) is 3.53. The van der Waals surface area contributed by atoms with Gasteiger partial charge in [0.1, 0.15) is 0 Å². The van der Waals surface area contributed by atoms with Crippen LogP contribution in [0.15, 0.2) is 66.7 Å². The number of hydrogen-bond acceptors (Lipinski definition) is 0. The molecule has 1 N–H and O–H groups in total. The van der Waals surface area contributed by atoms with Gasteiger partial charge in [0.2, 0.25) is 0 Å². The Kier molecular flexibility index (Phi) is 2.18. The largest absolute Gasteiger partial charge is 0.354 e. The van der Waals surface area contributed by atoms with E-state index in [2.05, 4.69) is 65.6 Å². The summed E-state index contributed by atoms with van der Waals surface area (Å²) in [5, 5.41) is 2.49. The van der Waals surface area contributed by atoms with Gasteiger partial charge in [-0.15, -0.1) is 0 Å². The van der Waals surface area contributed by atoms with Gasteiger partial charge in [0.25, 0.3) is 0 Å². The van der Waals surface area contributed by atoms with Gasteiger partial charge in [0.15, 0.2) is 0 Å². The topological polar surface area (TPSA) is 15.8 Å². The lowest BCUT2D eigenvalue weighted by Crippen LogP contribution is -1.77. The van der Waals surface area contributed by atoms with Crippen molar-refractivity contribution in [3.63, 3.8) is 0 Å². The fraction of sp³-hybridized carbons (Fsp3) is 0. The van der Waals surface area contributed by atoms with Gasteiger partial charge >= 0.3 is 0 Å². The molecule has 0 bridgehead atoms. The smallest absolute Gasteiger partial charge is 0.0545 e. The molecule has 0 saturated carbocycles. The summed E-state index contributed by atoms with van der Waals surface area (Å²) >= 11 is 0. The molecular formula is C18H12N. The number of aromatic amines is 1. The maximum absolute atomic E-state index is 3.40. The first-order valence-electron chi connectivity index (χ1n) is 6.39. The van der Waals surface area contributed by atoms with Crippen LogP contribution in [0, 0.1) is 6.07 Å². The Morgan fingerprint density at radius 3 is 2.42 bits per heavy atom. The lowest BCUT2D eigenvalue weighted by Gasteiger charge is -2.01. The number of aromatic nitrogens is 1. The lowest BCUT2D eigenvalue weighted by atomic mass is 10.0. The van der Waals surface area contributed by atoms with Gasteiger partial charge in [-0.1, -0.05) is 48.5 Å². The van der Waals surface area contributed by atoms with Crippen LogP contribution >= 0.6 is 0 Å². The first kappa shape index (κ1) is 10.4. The van der Waals surface area contributed by atoms with E-state index in [0.717, 1.165) is 5.52 Å². The van der Waals surface area contributed by atoms with Crippen molar-refractivity contribution < 1.29 is 0 Å². The molecule has 0 fully saturated rings. The van der Waals surface area contributed by atoms with E-state index in [9.17, 15) is 0 Å². The van der Waals surface area contributed by atoms with E-state index in [-0.39, 0.29) is 0 Å². The molecule has 1 heteroatoms. The molecule has 1 aromatic heterocycles. The third kappa shape index (κ3) is 1.63. The summed E-state index contributed by atoms with van der Waals surface area (Å²) in [6.45, 7) is 0. The molecule has 4 aromatic rings. The summed E-state index contributed by atoms with van der Waals surface area (Å²) in [6.07, 6.45) is 0. The second-order valence-electron chi connectivity index (χ2n) is 4.71. The van der Waals surface area contributed by atoms with E-state index in [4.69, 9.17) is 0 Å². The Morgan fingerprint density at radius 2 is 1.53 bits per heavy atom. The second kappa shape index (κ2) is 3.99. The first-order chi connectivity index (χ1) is 9.42. The molecule has 0 amide bonds. The van der Waals surface area contributed by atoms with Gasteiger partial charge in [-0.05, 0) is 29.3 Å². The maximum Gasteiger partial charge on any atom is 0.0545 e. The molecule has 1 heterocycles. The lowest BCUT2D eigenvalue weighted by molar-refractivity contribution is 1.54. The molecule has 4 rings (SSSR count). The molecule has 0 atom stereocenters. The molecule has 0 unspecified atom stereocenters. The number of hydrogen-bond donors (Lipinski definition) is 1. The number of benzene rings is 3. The molecule has 1 radical (unpaired) electrons. The highest BCUT2D eigenvalue weighted by Gasteiger charge is 2.05. The standard InChI is InChI=1S/C18H12N/c1-2-6-13(7-3-1)14-10-11-18-16(12-14)15-8-4-5-9-17(15)19-18/h1-10,12,19H. The van der Waals surface area contributed by atoms with Crippen LogP contribution < -0.4 is 0 Å². The van der Waals surface area contributed by atoms with Crippen LogP contribution in [0.1, 0.15) is 0 Å². The van der Waals surface area contributed by atoms with Crippen molar-refractivity contribution in [3.8, 4) is 11.1 Å². The molecule has 1 nitrogen and oxygen atoms in total. The van der Waals surface area contributed by atoms with Gasteiger partial charge in [-0.3, -0.25) is 0 Å². The summed E-state index contributed by atoms with van der Waals surface area (Å²) in [5.41, 5.74) is 4.67. The fourth-order valence-corrected chi connectivity index (χ4v) is 2.57. The van der Waals surface area contributed by atoms with Gasteiger partial charge in [0.05, 0.1) is 5.52 Å². The normalized spacial score (nSPS) is 11.2. The van der Waals surface area contributed by atoms with Crippen LogP contribution in [-0.4, -0.2) is 4.98 Å². The van der Waals surface area contributed by atoms with E-state index in [1.807, 2.05) is 12.1 Å². The number of H-pyrrole nitrogens is 1. The average Bonchev–Trinajstić information content (AvgIpc) is 2.86. The third-order valence-electron chi connectivity index (χ3n) is 3.53. The van der Waals surface area contributed by atoms with E-state index < -0.39 is 0 Å². The summed E-state index contributed by atoms with van der Waals surface area (Å²) < 4.78 is 0. The zero-order valence-electron chi connectivity index (χ0n) is 10.4. The van der Waals surface area contributed by atoms with Crippen molar-refractivity contribution >= 4 is 21.8 Å². The van der Waals surface area contributed by atoms with E-state index >= 15 is 0 Å². The number of fused-ring (bicyclic) bond motifs is 3. The number of nitrogens with one attached hydrogen (secondary N) is 1. The van der Waals surface area contributed by atoms with Crippen LogP contribution in [0.2, 0.25) is 0 Å². The Morgan fingerprint density at radius 1 is 0.737 bits per heavy atom. The van der Waals surface area contributed by atoms with Gasteiger partial charge in [-0.25, -0.2) is 0 Å². The molecule has 3 aromatic carbocycles. The zero-order chi connectivity index (χ0) is 12.7. The first-order valence-corrected chi connectivity index (χ1v) is 6.39. The fourth-order valence-electron chi connectivity index (χ4n) is 2.57. The van der Waals surface area contributed by atoms with Crippen LogP contribution in [0.4, 0.5) is 0 Å². The van der Waals surface area contributed by atoms with Crippen LogP contribution in [0.5, 0.6) is 0 Å². The Balaban J connectivity index is 2.03. The molecule has 0 aliphatic carbocycles. The van der Waals surface area contributed by atoms with Crippen molar-refractivity contribution in [1.82, 2.24) is 4.98 Å². The van der Waals surface area contributed by atoms with Crippen LogP contribution in [0.25, 0.3) is 32.9 Å². The number of para-hydroxylation sites is 1. The maximum atomic E-state index is 3.40. The number of rotatable bonds is 1. The van der Waals surface area contributed by atoms with E-state index in [0.29, 0.717) is 0 Å². The summed E-state index contributed by atoms with van der Waals surface area (Å²) in [7, 11) is 0. The summed E-state index contributed by atoms with van der Waals surface area (Å²) in [4.78, 5) is 3.40. The molecule has 19 heavy (non-hydrogen) atoms. The minimum atomic E-state index is 1.07. The minimum absolute atomic E-state index is 1.07. The van der Waals surface area contributed by atoms with Crippen LogP contribution in [0.3, 0.4) is 0 Å². The average molecular weight is 242 g/mol. The SMILES string of the molecule is [c]1cc(-c2ccccc2)cc2c1[nH]c1ccccc12. The van der Waals surface area contributed by atoms with E-state index in [1.54, 1.807) is 0 Å². The molecule has 0 aliphatic rings. The van der Waals surface area contributed by atoms with E-state index in [1.165, 1.54) is 27.4 Å². The predicted molar refractivity (Wildman–Crippen MR) is 80.1 cm³/mol. The van der Waals surface area contributed by atoms with Crippen molar-refractivity contribution in [2.45, 2.75) is 0 Å². The Labute approximate surface area is 111 Å². The summed E-state index contributed by atoms with van der Waals surface area (Å²) in [5.74, 6) is 0. The van der Waals surface area contributed by atoms with Gasteiger partial charge in [-0.2, -0.15) is 0 Å². The van der Waals surface area contributed by atoms with Crippen molar-refractivity contribution in [3.05, 3.63) is 72.8 Å². The highest BCUT2D eigenvalue weighted by molar-refractivity contribution is 6.08. The minimum Gasteiger partial charge on any atom is -0.354 e. The highest BCUT2D eigenvalue weighted by Crippen LogP contribution is 2.29. The Hall–Kier alpha value is -2.54. The van der Waals surface area contributed by atoms with Crippen molar-refractivity contribution in [1.29, 1.82) is 0 Å². The van der Waals surface area contributed by atoms with Crippen LogP contribution in [-0.2, 0) is 0 Å². The monoisotopic (exact) mass is 242 g/mol. The molecule has 89 valence electrons. The molecule has 0 saturated heterocycles. The quantitative estimate of drug-likeness (QED) is 0.494. The molecular weight excluding hydrogens is 230 g/mol. The highest BCUT2D eigenvalue weighted by atomic mass is 14.7. The van der Waals surface area contributed by atoms with Crippen molar-refractivity contribution in [2.24, 2.45) is 0 Å². The van der Waals surface area contributed by atoms with Crippen molar-refractivity contribution in [2.75, 3.05) is 0 Å². The molecule has 0 spiro atoms. The van der Waals surface area contributed by atoms with Gasteiger partial charge in [0, 0.05) is 22.4 Å². The molecule has 0 aliphatic heterocycles. The second-order valence-corrected chi connectivity index (χ2v) is 4.71. The predicted octanol–water partition coefficient (Wildman–Crippen LogP) is 4.79. The zero-order valence-corrected chi connectivity index (χ0v) is 10.4. The Bertz CT molecular complexity index is 857. The van der Waals surface area contributed by atoms with Gasteiger partial charge < -0.3 is 4.98 Å². The summed E-state index contributed by atoms with van der Waals surface area (Å²) in [6, 6.07) is 26.4.